The van der Waals surface area contributed by atoms with Crippen LogP contribution in [-0.4, -0.2) is 23.7 Å². The van der Waals surface area contributed by atoms with Crippen molar-refractivity contribution in [2.45, 2.75) is 18.2 Å². The molecule has 0 saturated heterocycles. The van der Waals surface area contributed by atoms with Crippen LogP contribution in [0.15, 0.2) is 47.5 Å². The highest BCUT2D eigenvalue weighted by atomic mass is 32.2. The molecule has 2 N–H and O–H groups in total. The lowest BCUT2D eigenvalue weighted by molar-refractivity contribution is 0.102. The third-order valence-electron chi connectivity index (χ3n) is 2.92. The van der Waals surface area contributed by atoms with E-state index in [1.54, 1.807) is 30.1 Å². The standard InChI is InChI=1S/C16H19N3OS/c1-3-9-17-15-14(8-5-10-18-15)16(20)19-12-6-4-7-13(11-12)21-2/h4-8,10-11H,3,9H2,1-2H3,(H,17,18)(H,19,20). The van der Waals surface area contributed by atoms with Crippen LogP contribution in [0.25, 0.3) is 0 Å². The summed E-state index contributed by atoms with van der Waals surface area (Å²) in [6.45, 7) is 2.86. The zero-order chi connectivity index (χ0) is 15.1. The van der Waals surface area contributed by atoms with Gasteiger partial charge in [0.05, 0.1) is 5.56 Å². The highest BCUT2D eigenvalue weighted by Gasteiger charge is 2.12. The van der Waals surface area contributed by atoms with Gasteiger partial charge in [0.15, 0.2) is 0 Å². The molecule has 1 aromatic heterocycles. The number of aromatic nitrogens is 1. The van der Waals surface area contributed by atoms with Gasteiger partial charge in [0.2, 0.25) is 0 Å². The van der Waals surface area contributed by atoms with Crippen LogP contribution in [0, 0.1) is 0 Å². The van der Waals surface area contributed by atoms with Gasteiger partial charge in [-0.3, -0.25) is 4.79 Å². The van der Waals surface area contributed by atoms with Gasteiger partial charge >= 0.3 is 0 Å². The molecular formula is C16H19N3OS. The molecule has 5 heteroatoms. The van der Waals surface area contributed by atoms with Gasteiger partial charge in [-0.05, 0) is 43.0 Å². The summed E-state index contributed by atoms with van der Waals surface area (Å²) < 4.78 is 0. The zero-order valence-electron chi connectivity index (χ0n) is 12.2. The van der Waals surface area contributed by atoms with Crippen molar-refractivity contribution in [3.63, 3.8) is 0 Å². The highest BCUT2D eigenvalue weighted by Crippen LogP contribution is 2.20. The number of rotatable bonds is 6. The zero-order valence-corrected chi connectivity index (χ0v) is 13.0. The van der Waals surface area contributed by atoms with E-state index in [1.165, 1.54) is 0 Å². The van der Waals surface area contributed by atoms with Crippen molar-refractivity contribution in [2.75, 3.05) is 23.4 Å². The number of carbonyl (C=O) groups is 1. The second-order valence-electron chi connectivity index (χ2n) is 4.51. The summed E-state index contributed by atoms with van der Waals surface area (Å²) in [6.07, 6.45) is 4.67. The van der Waals surface area contributed by atoms with Crippen LogP contribution in [0.1, 0.15) is 23.7 Å². The molecule has 2 rings (SSSR count). The van der Waals surface area contributed by atoms with E-state index in [9.17, 15) is 4.79 Å². The Hall–Kier alpha value is -2.01. The molecule has 0 bridgehead atoms. The van der Waals surface area contributed by atoms with Crippen molar-refractivity contribution in [1.82, 2.24) is 4.98 Å². The van der Waals surface area contributed by atoms with Gasteiger partial charge in [-0.25, -0.2) is 4.98 Å². The summed E-state index contributed by atoms with van der Waals surface area (Å²) in [7, 11) is 0. The molecule has 0 saturated carbocycles. The van der Waals surface area contributed by atoms with Crippen molar-refractivity contribution < 1.29 is 4.79 Å². The monoisotopic (exact) mass is 301 g/mol. The Bertz CT molecular complexity index is 616. The summed E-state index contributed by atoms with van der Waals surface area (Å²) >= 11 is 1.64. The van der Waals surface area contributed by atoms with Crippen LogP contribution in [0.4, 0.5) is 11.5 Å². The average molecular weight is 301 g/mol. The van der Waals surface area contributed by atoms with E-state index in [-0.39, 0.29) is 5.91 Å². The van der Waals surface area contributed by atoms with Crippen molar-refractivity contribution in [3.8, 4) is 0 Å². The summed E-state index contributed by atoms with van der Waals surface area (Å²) in [5, 5.41) is 6.09. The lowest BCUT2D eigenvalue weighted by Gasteiger charge is -2.11. The van der Waals surface area contributed by atoms with Crippen LogP contribution < -0.4 is 10.6 Å². The number of anilines is 2. The SMILES string of the molecule is CCCNc1ncccc1C(=O)Nc1cccc(SC)c1. The average Bonchev–Trinajstić information content (AvgIpc) is 2.53. The fourth-order valence-electron chi connectivity index (χ4n) is 1.87. The molecule has 0 radical (unpaired) electrons. The maximum atomic E-state index is 12.4. The second-order valence-corrected chi connectivity index (χ2v) is 5.39. The van der Waals surface area contributed by atoms with E-state index in [1.807, 2.05) is 30.5 Å². The Labute approximate surface area is 129 Å². The second kappa shape index (κ2) is 7.69. The third-order valence-corrected chi connectivity index (χ3v) is 3.65. The molecule has 4 nitrogen and oxygen atoms in total. The third kappa shape index (κ3) is 4.23. The number of hydrogen-bond acceptors (Lipinski definition) is 4. The normalized spacial score (nSPS) is 10.2. The molecule has 2 aromatic rings. The van der Waals surface area contributed by atoms with Crippen LogP contribution >= 0.6 is 11.8 Å². The fourth-order valence-corrected chi connectivity index (χ4v) is 2.33. The quantitative estimate of drug-likeness (QED) is 0.795. The molecular weight excluding hydrogens is 282 g/mol. The minimum atomic E-state index is -0.153. The van der Waals surface area contributed by atoms with E-state index in [4.69, 9.17) is 0 Å². The van der Waals surface area contributed by atoms with Gasteiger partial charge in [-0.1, -0.05) is 13.0 Å². The summed E-state index contributed by atoms with van der Waals surface area (Å²) in [5.74, 6) is 0.470. The Kier molecular flexibility index (Phi) is 5.63. The number of nitrogens with one attached hydrogen (secondary N) is 2. The van der Waals surface area contributed by atoms with E-state index in [2.05, 4.69) is 22.5 Å². The van der Waals surface area contributed by atoms with E-state index in [0.29, 0.717) is 11.4 Å². The minimum Gasteiger partial charge on any atom is -0.369 e. The summed E-state index contributed by atoms with van der Waals surface area (Å²) in [4.78, 5) is 17.8. The van der Waals surface area contributed by atoms with Crippen LogP contribution in [0.5, 0.6) is 0 Å². The van der Waals surface area contributed by atoms with Gasteiger partial charge in [-0.15, -0.1) is 11.8 Å². The number of hydrogen-bond donors (Lipinski definition) is 2. The molecule has 0 spiro atoms. The predicted octanol–water partition coefficient (Wildman–Crippen LogP) is 3.88. The molecule has 0 aliphatic heterocycles. The van der Waals surface area contributed by atoms with Crippen LogP contribution in [0.2, 0.25) is 0 Å². The van der Waals surface area contributed by atoms with Crippen molar-refractivity contribution >= 4 is 29.2 Å². The Morgan fingerprint density at radius 1 is 1.29 bits per heavy atom. The van der Waals surface area contributed by atoms with Crippen LogP contribution in [0.3, 0.4) is 0 Å². The van der Waals surface area contributed by atoms with Gasteiger partial charge < -0.3 is 10.6 Å². The lowest BCUT2D eigenvalue weighted by atomic mass is 10.2. The molecule has 0 fully saturated rings. The van der Waals surface area contributed by atoms with Crippen LogP contribution in [-0.2, 0) is 0 Å². The topological polar surface area (TPSA) is 54.0 Å². The summed E-state index contributed by atoms with van der Waals surface area (Å²) in [6, 6.07) is 11.3. The first kappa shape index (κ1) is 15.4. The Balaban J connectivity index is 2.16. The lowest BCUT2D eigenvalue weighted by Crippen LogP contribution is -2.16. The maximum absolute atomic E-state index is 12.4. The smallest absolute Gasteiger partial charge is 0.259 e. The molecule has 1 aromatic carbocycles. The van der Waals surface area contributed by atoms with Gasteiger partial charge in [0.25, 0.3) is 5.91 Å². The predicted molar refractivity (Wildman–Crippen MR) is 89.2 cm³/mol. The van der Waals surface area contributed by atoms with Crippen molar-refractivity contribution in [1.29, 1.82) is 0 Å². The van der Waals surface area contributed by atoms with E-state index >= 15 is 0 Å². The molecule has 21 heavy (non-hydrogen) atoms. The maximum Gasteiger partial charge on any atom is 0.259 e. The highest BCUT2D eigenvalue weighted by molar-refractivity contribution is 7.98. The molecule has 1 amide bonds. The van der Waals surface area contributed by atoms with E-state index < -0.39 is 0 Å². The molecule has 110 valence electrons. The fraction of sp³-hybridized carbons (Fsp3) is 0.250. The van der Waals surface area contributed by atoms with Gasteiger partial charge in [0, 0.05) is 23.3 Å². The largest absolute Gasteiger partial charge is 0.369 e. The molecule has 0 aliphatic rings. The molecule has 0 aliphatic carbocycles. The number of pyridine rings is 1. The minimum absolute atomic E-state index is 0.153. The van der Waals surface area contributed by atoms with E-state index in [0.717, 1.165) is 23.5 Å². The summed E-state index contributed by atoms with van der Waals surface area (Å²) in [5.41, 5.74) is 1.35. The number of thioether (sulfide) groups is 1. The molecule has 0 unspecified atom stereocenters. The van der Waals surface area contributed by atoms with Gasteiger partial charge in [0.1, 0.15) is 5.82 Å². The molecule has 1 heterocycles. The number of benzene rings is 1. The van der Waals surface area contributed by atoms with Gasteiger partial charge in [-0.2, -0.15) is 0 Å². The number of nitrogens with zero attached hydrogens (tertiary/aromatic N) is 1. The first-order valence-corrected chi connectivity index (χ1v) is 8.11. The number of carbonyl (C=O) groups excluding carboxylic acids is 1. The number of amides is 1. The molecule has 0 atom stereocenters. The first-order chi connectivity index (χ1) is 10.2. The van der Waals surface area contributed by atoms with Crippen molar-refractivity contribution in [2.24, 2.45) is 0 Å². The Morgan fingerprint density at radius 2 is 2.14 bits per heavy atom. The van der Waals surface area contributed by atoms with Crippen molar-refractivity contribution in [3.05, 3.63) is 48.2 Å². The first-order valence-electron chi connectivity index (χ1n) is 6.89. The Morgan fingerprint density at radius 3 is 2.90 bits per heavy atom.